The molecule has 1 aromatic heterocycles. The van der Waals surface area contributed by atoms with E-state index < -0.39 is 0 Å². The van der Waals surface area contributed by atoms with Gasteiger partial charge in [0.2, 0.25) is 5.91 Å². The van der Waals surface area contributed by atoms with Gasteiger partial charge in [-0.25, -0.2) is 9.37 Å². The van der Waals surface area contributed by atoms with Crippen molar-refractivity contribution >= 4 is 27.5 Å². The Labute approximate surface area is 150 Å². The van der Waals surface area contributed by atoms with Crippen molar-refractivity contribution in [2.75, 3.05) is 13.6 Å². The topological polar surface area (TPSA) is 45.2 Å². The largest absolute Gasteiger partial charge is 0.351 e. The van der Waals surface area contributed by atoms with E-state index in [1.807, 2.05) is 42.3 Å². The van der Waals surface area contributed by atoms with Gasteiger partial charge < -0.3 is 5.32 Å². The van der Waals surface area contributed by atoms with Crippen molar-refractivity contribution in [1.82, 2.24) is 15.2 Å². The lowest BCUT2D eigenvalue weighted by Crippen LogP contribution is -2.34. The molecule has 0 unspecified atom stereocenters. The summed E-state index contributed by atoms with van der Waals surface area (Å²) in [4.78, 5) is 18.6. The predicted octanol–water partition coefficient (Wildman–Crippen LogP) is 3.49. The summed E-state index contributed by atoms with van der Waals surface area (Å²) >= 11 is 1.64. The molecule has 0 aliphatic carbocycles. The van der Waals surface area contributed by atoms with E-state index >= 15 is 0 Å². The van der Waals surface area contributed by atoms with Crippen LogP contribution in [0.15, 0.2) is 42.5 Å². The average Bonchev–Trinajstić information content (AvgIpc) is 2.97. The van der Waals surface area contributed by atoms with E-state index in [1.54, 1.807) is 24.3 Å². The van der Waals surface area contributed by atoms with Crippen LogP contribution in [0.1, 0.15) is 16.1 Å². The minimum atomic E-state index is -0.250. The van der Waals surface area contributed by atoms with E-state index in [2.05, 4.69) is 10.3 Å². The van der Waals surface area contributed by atoms with Gasteiger partial charge in [-0.3, -0.25) is 9.69 Å². The molecule has 0 radical (unpaired) electrons. The lowest BCUT2D eigenvalue weighted by Gasteiger charge is -2.14. The highest BCUT2D eigenvalue weighted by Gasteiger charge is 2.10. The summed E-state index contributed by atoms with van der Waals surface area (Å²) < 4.78 is 14.7. The number of aryl methyl sites for hydroxylation is 1. The van der Waals surface area contributed by atoms with Gasteiger partial charge in [0.1, 0.15) is 10.8 Å². The standard InChI is InChI=1S/C19H20FN3OS/c1-13-7-8-14(9-15(13)20)10-21-18(24)11-23(2)12-19-22-16-5-3-4-6-17(16)25-19/h3-9H,10-12H2,1-2H3,(H,21,24). The number of thiazole rings is 1. The number of aromatic nitrogens is 1. The number of benzene rings is 2. The molecule has 0 bridgehead atoms. The molecule has 6 heteroatoms. The van der Waals surface area contributed by atoms with Crippen LogP contribution in [0.3, 0.4) is 0 Å². The van der Waals surface area contributed by atoms with Crippen LogP contribution < -0.4 is 5.32 Å². The second kappa shape index (κ2) is 7.72. The Kier molecular flexibility index (Phi) is 5.40. The number of para-hydroxylation sites is 1. The highest BCUT2D eigenvalue weighted by molar-refractivity contribution is 7.18. The Morgan fingerprint density at radius 1 is 1.28 bits per heavy atom. The van der Waals surface area contributed by atoms with Crippen molar-refractivity contribution in [2.24, 2.45) is 0 Å². The minimum absolute atomic E-state index is 0.0930. The fourth-order valence-corrected chi connectivity index (χ4v) is 3.57. The van der Waals surface area contributed by atoms with Crippen molar-refractivity contribution in [3.05, 3.63) is 64.4 Å². The third kappa shape index (κ3) is 4.61. The van der Waals surface area contributed by atoms with Crippen molar-refractivity contribution in [3.8, 4) is 0 Å². The number of hydrogen-bond acceptors (Lipinski definition) is 4. The lowest BCUT2D eigenvalue weighted by atomic mass is 10.1. The monoisotopic (exact) mass is 357 g/mol. The Hall–Kier alpha value is -2.31. The van der Waals surface area contributed by atoms with Gasteiger partial charge in [0.05, 0.1) is 23.3 Å². The Bertz CT molecular complexity index is 860. The molecular formula is C19H20FN3OS. The first-order valence-electron chi connectivity index (χ1n) is 8.06. The molecule has 1 heterocycles. The van der Waals surface area contributed by atoms with E-state index in [0.717, 1.165) is 20.8 Å². The Morgan fingerprint density at radius 3 is 2.84 bits per heavy atom. The van der Waals surface area contributed by atoms with Crippen molar-refractivity contribution in [3.63, 3.8) is 0 Å². The molecule has 25 heavy (non-hydrogen) atoms. The van der Waals surface area contributed by atoms with Crippen LogP contribution >= 0.6 is 11.3 Å². The predicted molar refractivity (Wildman–Crippen MR) is 98.9 cm³/mol. The van der Waals surface area contributed by atoms with E-state index in [1.165, 1.54) is 6.07 Å². The number of halogens is 1. The second-order valence-electron chi connectivity index (χ2n) is 6.11. The summed E-state index contributed by atoms with van der Waals surface area (Å²) in [6.45, 7) is 2.93. The number of nitrogens with one attached hydrogen (secondary N) is 1. The molecule has 1 N–H and O–H groups in total. The smallest absolute Gasteiger partial charge is 0.234 e. The third-order valence-corrected chi connectivity index (χ3v) is 4.90. The molecule has 0 fully saturated rings. The molecule has 0 atom stereocenters. The first-order chi connectivity index (χ1) is 12.0. The average molecular weight is 357 g/mol. The van der Waals surface area contributed by atoms with Gasteiger partial charge in [-0.15, -0.1) is 11.3 Å². The van der Waals surface area contributed by atoms with Crippen LogP contribution in [0.5, 0.6) is 0 Å². The first-order valence-corrected chi connectivity index (χ1v) is 8.87. The number of nitrogens with zero attached hydrogens (tertiary/aromatic N) is 2. The van der Waals surface area contributed by atoms with Crippen LogP contribution in [0, 0.1) is 12.7 Å². The van der Waals surface area contributed by atoms with Crippen molar-refractivity contribution < 1.29 is 9.18 Å². The van der Waals surface area contributed by atoms with Crippen LogP contribution in [0.4, 0.5) is 4.39 Å². The van der Waals surface area contributed by atoms with E-state index in [9.17, 15) is 9.18 Å². The summed E-state index contributed by atoms with van der Waals surface area (Å²) in [5.41, 5.74) is 2.35. The summed E-state index contributed by atoms with van der Waals surface area (Å²) in [6.07, 6.45) is 0. The molecule has 0 saturated heterocycles. The zero-order chi connectivity index (χ0) is 17.8. The Balaban J connectivity index is 1.50. The molecule has 0 aliphatic rings. The molecule has 0 saturated carbocycles. The number of carbonyl (C=O) groups excluding carboxylic acids is 1. The van der Waals surface area contributed by atoms with Crippen LogP contribution in [0.25, 0.3) is 10.2 Å². The third-order valence-electron chi connectivity index (χ3n) is 3.88. The molecule has 2 aromatic carbocycles. The Morgan fingerprint density at radius 2 is 2.08 bits per heavy atom. The van der Waals surface area contributed by atoms with Gasteiger partial charge in [-0.1, -0.05) is 24.3 Å². The number of fused-ring (bicyclic) bond motifs is 1. The maximum Gasteiger partial charge on any atom is 0.234 e. The first kappa shape index (κ1) is 17.5. The van der Waals surface area contributed by atoms with Gasteiger partial charge in [-0.2, -0.15) is 0 Å². The quantitative estimate of drug-likeness (QED) is 0.734. The van der Waals surface area contributed by atoms with Gasteiger partial charge in [0.25, 0.3) is 0 Å². The molecule has 1 amide bonds. The maximum atomic E-state index is 13.5. The van der Waals surface area contributed by atoms with Crippen LogP contribution in [-0.2, 0) is 17.9 Å². The summed E-state index contributed by atoms with van der Waals surface area (Å²) in [5.74, 6) is -0.343. The van der Waals surface area contributed by atoms with Gasteiger partial charge in [0, 0.05) is 6.54 Å². The lowest BCUT2D eigenvalue weighted by molar-refractivity contribution is -0.122. The van der Waals surface area contributed by atoms with Gasteiger partial charge >= 0.3 is 0 Å². The van der Waals surface area contributed by atoms with Crippen LogP contribution in [-0.4, -0.2) is 29.4 Å². The molecule has 0 spiro atoms. The van der Waals surface area contributed by atoms with E-state index in [4.69, 9.17) is 0 Å². The molecule has 3 rings (SSSR count). The normalized spacial score (nSPS) is 11.2. The zero-order valence-electron chi connectivity index (χ0n) is 14.3. The maximum absolute atomic E-state index is 13.5. The molecule has 130 valence electrons. The molecule has 0 aliphatic heterocycles. The number of rotatable bonds is 6. The van der Waals surface area contributed by atoms with Crippen molar-refractivity contribution in [2.45, 2.75) is 20.0 Å². The van der Waals surface area contributed by atoms with Gasteiger partial charge in [-0.05, 0) is 43.3 Å². The highest BCUT2D eigenvalue weighted by atomic mass is 32.1. The number of hydrogen-bond donors (Lipinski definition) is 1. The van der Waals surface area contributed by atoms with Crippen molar-refractivity contribution in [1.29, 1.82) is 0 Å². The fourth-order valence-electron chi connectivity index (χ4n) is 2.52. The summed E-state index contributed by atoms with van der Waals surface area (Å²) in [6, 6.07) is 13.0. The van der Waals surface area contributed by atoms with Crippen LogP contribution in [0.2, 0.25) is 0 Å². The fraction of sp³-hybridized carbons (Fsp3) is 0.263. The summed E-state index contributed by atoms with van der Waals surface area (Å²) in [7, 11) is 1.89. The minimum Gasteiger partial charge on any atom is -0.351 e. The van der Waals surface area contributed by atoms with E-state index in [-0.39, 0.29) is 18.3 Å². The zero-order valence-corrected chi connectivity index (χ0v) is 15.1. The number of likely N-dealkylation sites (N-methyl/N-ethyl adjacent to an activating group) is 1. The number of carbonyl (C=O) groups is 1. The molecule has 3 aromatic rings. The number of amides is 1. The molecule has 4 nitrogen and oxygen atoms in total. The second-order valence-corrected chi connectivity index (χ2v) is 7.22. The summed E-state index contributed by atoms with van der Waals surface area (Å²) in [5, 5.41) is 3.81. The molecular weight excluding hydrogens is 337 g/mol. The highest BCUT2D eigenvalue weighted by Crippen LogP contribution is 2.22. The SMILES string of the molecule is Cc1ccc(CNC(=O)CN(C)Cc2nc3ccccc3s2)cc1F. The van der Waals surface area contributed by atoms with E-state index in [0.29, 0.717) is 18.7 Å². The van der Waals surface area contributed by atoms with Gasteiger partial charge in [0.15, 0.2) is 0 Å².